The molecule has 1 N–H and O–H groups in total. The molecule has 2 aromatic rings. The van der Waals surface area contributed by atoms with Crippen LogP contribution in [0.25, 0.3) is 0 Å². The number of carbonyl (C=O) groups excluding carboxylic acids is 1. The molecule has 28 heavy (non-hydrogen) atoms. The minimum atomic E-state index is -4.64. The molecule has 0 aliphatic carbocycles. The van der Waals surface area contributed by atoms with Crippen LogP contribution in [0.3, 0.4) is 0 Å². The van der Waals surface area contributed by atoms with Crippen LogP contribution in [-0.4, -0.2) is 33.7 Å². The number of halogens is 4. The zero-order valence-electron chi connectivity index (χ0n) is 14.8. The van der Waals surface area contributed by atoms with Crippen molar-refractivity contribution in [3.8, 4) is 0 Å². The summed E-state index contributed by atoms with van der Waals surface area (Å²) in [4.78, 5) is 12.1. The summed E-state index contributed by atoms with van der Waals surface area (Å²) in [6.45, 7) is -0.506. The van der Waals surface area contributed by atoms with Crippen molar-refractivity contribution in [1.82, 2.24) is 5.32 Å². The predicted molar refractivity (Wildman–Crippen MR) is 96.7 cm³/mol. The van der Waals surface area contributed by atoms with Crippen LogP contribution in [0.1, 0.15) is 11.1 Å². The first-order valence-corrected chi connectivity index (χ1v) is 9.98. The molecule has 152 valence electrons. The van der Waals surface area contributed by atoms with Gasteiger partial charge in [-0.2, -0.15) is 13.2 Å². The highest BCUT2D eigenvalue weighted by molar-refractivity contribution is 7.92. The zero-order valence-corrected chi connectivity index (χ0v) is 15.6. The van der Waals surface area contributed by atoms with E-state index in [1.807, 2.05) is 0 Å². The third kappa shape index (κ3) is 6.22. The Labute approximate surface area is 160 Å². The Morgan fingerprint density at radius 2 is 1.75 bits per heavy atom. The highest BCUT2D eigenvalue weighted by atomic mass is 32.2. The number of carbonyl (C=O) groups is 1. The lowest BCUT2D eigenvalue weighted by Crippen LogP contribution is -2.41. The average Bonchev–Trinajstić information content (AvgIpc) is 2.60. The van der Waals surface area contributed by atoms with E-state index in [-0.39, 0.29) is 12.2 Å². The molecular formula is C18H18F4N2O3S. The fourth-order valence-corrected chi connectivity index (χ4v) is 3.27. The third-order valence-corrected chi connectivity index (χ3v) is 4.94. The lowest BCUT2D eigenvalue weighted by molar-refractivity contribution is -0.137. The van der Waals surface area contributed by atoms with Crippen molar-refractivity contribution < 1.29 is 30.8 Å². The summed E-state index contributed by atoms with van der Waals surface area (Å²) < 4.78 is 76.0. The number of nitrogens with one attached hydrogen (secondary N) is 1. The van der Waals surface area contributed by atoms with Crippen molar-refractivity contribution in [2.45, 2.75) is 12.6 Å². The average molecular weight is 418 g/mol. The molecule has 0 saturated carbocycles. The van der Waals surface area contributed by atoms with Gasteiger partial charge in [-0.15, -0.1) is 0 Å². The highest BCUT2D eigenvalue weighted by Gasteiger charge is 2.31. The number of nitrogens with zero attached hydrogens (tertiary/aromatic N) is 1. The fraction of sp³-hybridized carbons (Fsp3) is 0.278. The molecular weight excluding hydrogens is 400 g/mol. The number of alkyl halides is 3. The van der Waals surface area contributed by atoms with Gasteiger partial charge >= 0.3 is 6.18 Å². The molecule has 0 aliphatic heterocycles. The first-order chi connectivity index (χ1) is 13.0. The summed E-state index contributed by atoms with van der Waals surface area (Å²) in [7, 11) is -3.99. The number of amides is 1. The quantitative estimate of drug-likeness (QED) is 0.703. The van der Waals surface area contributed by atoms with Gasteiger partial charge in [-0.3, -0.25) is 9.10 Å². The van der Waals surface area contributed by atoms with Crippen molar-refractivity contribution in [2.75, 3.05) is 23.7 Å². The second-order valence-corrected chi connectivity index (χ2v) is 7.95. The Morgan fingerprint density at radius 3 is 2.32 bits per heavy atom. The molecule has 0 atom stereocenters. The molecule has 0 unspecified atom stereocenters. The van der Waals surface area contributed by atoms with Crippen LogP contribution < -0.4 is 9.62 Å². The molecule has 1 amide bonds. The summed E-state index contributed by atoms with van der Waals surface area (Å²) >= 11 is 0. The molecule has 2 aromatic carbocycles. The maximum Gasteiger partial charge on any atom is 0.416 e. The zero-order chi connectivity index (χ0) is 20.9. The van der Waals surface area contributed by atoms with Gasteiger partial charge in [0, 0.05) is 6.54 Å². The predicted octanol–water partition coefficient (Wildman–Crippen LogP) is 2.97. The Kier molecular flexibility index (Phi) is 6.65. The molecule has 5 nitrogen and oxygen atoms in total. The molecule has 0 aliphatic rings. The van der Waals surface area contributed by atoms with Gasteiger partial charge in [-0.05, 0) is 42.3 Å². The molecule has 2 rings (SSSR count). The molecule has 0 heterocycles. The number of sulfonamides is 1. The first-order valence-electron chi connectivity index (χ1n) is 8.13. The Morgan fingerprint density at radius 1 is 1.11 bits per heavy atom. The summed E-state index contributed by atoms with van der Waals surface area (Å²) in [5, 5.41) is 2.50. The maximum absolute atomic E-state index is 12.9. The molecule has 0 aromatic heterocycles. The van der Waals surface area contributed by atoms with Crippen LogP contribution in [0.4, 0.5) is 23.2 Å². The van der Waals surface area contributed by atoms with Crippen molar-refractivity contribution in [3.63, 3.8) is 0 Å². The molecule has 0 spiro atoms. The Hall–Kier alpha value is -2.62. The van der Waals surface area contributed by atoms with Gasteiger partial charge in [-0.25, -0.2) is 12.8 Å². The fourth-order valence-electron chi connectivity index (χ4n) is 2.42. The lowest BCUT2D eigenvalue weighted by atomic mass is 10.1. The van der Waals surface area contributed by atoms with E-state index in [9.17, 15) is 30.8 Å². The topological polar surface area (TPSA) is 66.5 Å². The van der Waals surface area contributed by atoms with Crippen molar-refractivity contribution in [1.29, 1.82) is 0 Å². The van der Waals surface area contributed by atoms with Crippen LogP contribution in [-0.2, 0) is 27.4 Å². The normalized spacial score (nSPS) is 11.9. The van der Waals surface area contributed by atoms with Gasteiger partial charge in [0.25, 0.3) is 0 Å². The van der Waals surface area contributed by atoms with Gasteiger partial charge in [0.15, 0.2) is 0 Å². The van der Waals surface area contributed by atoms with Crippen molar-refractivity contribution in [2.24, 2.45) is 0 Å². The monoisotopic (exact) mass is 418 g/mol. The van der Waals surface area contributed by atoms with Crippen molar-refractivity contribution in [3.05, 3.63) is 65.5 Å². The van der Waals surface area contributed by atoms with E-state index in [4.69, 9.17) is 0 Å². The minimum absolute atomic E-state index is 0.157. The summed E-state index contributed by atoms with van der Waals surface area (Å²) in [5.74, 6) is -1.07. The molecule has 0 saturated heterocycles. The van der Waals surface area contributed by atoms with Crippen LogP contribution in [0.2, 0.25) is 0 Å². The van der Waals surface area contributed by atoms with E-state index >= 15 is 0 Å². The van der Waals surface area contributed by atoms with E-state index in [0.717, 1.165) is 24.0 Å². The van der Waals surface area contributed by atoms with E-state index in [2.05, 4.69) is 5.32 Å². The Balaban J connectivity index is 2.06. The standard InChI is InChI=1S/C18H18F4N2O3S/c1-28(26,27)24(16-4-2-3-14(11-16)18(20,21)22)12-17(25)23-10-9-13-5-7-15(19)8-6-13/h2-8,11H,9-10,12H2,1H3,(H,23,25). The molecule has 10 heteroatoms. The number of benzene rings is 2. The minimum Gasteiger partial charge on any atom is -0.354 e. The van der Waals surface area contributed by atoms with Gasteiger partial charge in [0.05, 0.1) is 17.5 Å². The molecule has 0 fully saturated rings. The second-order valence-electron chi connectivity index (χ2n) is 6.04. The van der Waals surface area contributed by atoms with Crippen LogP contribution in [0, 0.1) is 5.82 Å². The van der Waals surface area contributed by atoms with Gasteiger partial charge in [0.2, 0.25) is 15.9 Å². The number of anilines is 1. The van der Waals surface area contributed by atoms with Crippen LogP contribution in [0.15, 0.2) is 48.5 Å². The van der Waals surface area contributed by atoms with E-state index in [1.165, 1.54) is 18.2 Å². The molecule has 0 radical (unpaired) electrons. The number of rotatable bonds is 7. The summed E-state index contributed by atoms with van der Waals surface area (Å²) in [6.07, 6.45) is -3.45. The number of hydrogen-bond acceptors (Lipinski definition) is 3. The smallest absolute Gasteiger partial charge is 0.354 e. The SMILES string of the molecule is CS(=O)(=O)N(CC(=O)NCCc1ccc(F)cc1)c1cccc(C(F)(F)F)c1. The Bertz CT molecular complexity index is 929. The first kappa shape index (κ1) is 21.7. The van der Waals surface area contributed by atoms with Crippen LogP contribution in [0.5, 0.6) is 0 Å². The van der Waals surface area contributed by atoms with Gasteiger partial charge in [-0.1, -0.05) is 18.2 Å². The highest BCUT2D eigenvalue weighted by Crippen LogP contribution is 2.32. The number of hydrogen-bond donors (Lipinski definition) is 1. The van der Waals surface area contributed by atoms with Gasteiger partial charge in [0.1, 0.15) is 12.4 Å². The van der Waals surface area contributed by atoms with Gasteiger partial charge < -0.3 is 5.32 Å². The summed E-state index contributed by atoms with van der Waals surface area (Å²) in [5.41, 5.74) is -0.513. The van der Waals surface area contributed by atoms with E-state index < -0.39 is 40.0 Å². The third-order valence-electron chi connectivity index (χ3n) is 3.80. The maximum atomic E-state index is 12.9. The summed E-state index contributed by atoms with van der Waals surface area (Å²) in [6, 6.07) is 9.39. The molecule has 0 bridgehead atoms. The van der Waals surface area contributed by atoms with Crippen molar-refractivity contribution >= 4 is 21.6 Å². The second kappa shape index (κ2) is 8.59. The van der Waals surface area contributed by atoms with E-state index in [1.54, 1.807) is 12.1 Å². The van der Waals surface area contributed by atoms with Crippen LogP contribution >= 0.6 is 0 Å². The lowest BCUT2D eigenvalue weighted by Gasteiger charge is -2.22. The van der Waals surface area contributed by atoms with E-state index in [0.29, 0.717) is 16.8 Å². The largest absolute Gasteiger partial charge is 0.416 e.